The molecule has 27 heavy (non-hydrogen) atoms. The van der Waals surface area contributed by atoms with Gasteiger partial charge in [0.25, 0.3) is 0 Å². The summed E-state index contributed by atoms with van der Waals surface area (Å²) in [5.41, 5.74) is 1.99. The zero-order chi connectivity index (χ0) is 18.9. The molecule has 2 fully saturated rings. The highest BCUT2D eigenvalue weighted by molar-refractivity contribution is 5.79. The van der Waals surface area contributed by atoms with Gasteiger partial charge in [-0.3, -0.25) is 9.69 Å². The van der Waals surface area contributed by atoms with E-state index in [1.807, 2.05) is 24.3 Å². The van der Waals surface area contributed by atoms with E-state index in [4.69, 9.17) is 0 Å². The standard InChI is InChI=1S/C23H25F2NO/c24-19-5-1-17(2-6-19)23(18-3-7-20(25)8-4-18)13-9-21(10-14-23)26-15-11-22(27)12-16-26/h1-8,21H,9-16H2. The molecule has 0 bridgehead atoms. The van der Waals surface area contributed by atoms with Crippen LogP contribution < -0.4 is 0 Å². The lowest BCUT2D eigenvalue weighted by Crippen LogP contribution is -2.46. The molecule has 2 aromatic carbocycles. The Hall–Kier alpha value is -2.07. The van der Waals surface area contributed by atoms with Crippen LogP contribution >= 0.6 is 0 Å². The number of benzene rings is 2. The van der Waals surface area contributed by atoms with Crippen LogP contribution in [0.15, 0.2) is 48.5 Å². The summed E-state index contributed by atoms with van der Waals surface area (Å²) in [6.07, 6.45) is 5.28. The average molecular weight is 369 g/mol. The fourth-order valence-corrected chi connectivity index (χ4v) is 4.88. The Kier molecular flexibility index (Phi) is 5.09. The van der Waals surface area contributed by atoms with Gasteiger partial charge in [-0.15, -0.1) is 0 Å². The maximum atomic E-state index is 13.5. The van der Waals surface area contributed by atoms with E-state index < -0.39 is 0 Å². The third-order valence-electron chi connectivity index (χ3n) is 6.47. The Labute approximate surface area is 159 Å². The van der Waals surface area contributed by atoms with Crippen molar-refractivity contribution in [3.8, 4) is 0 Å². The molecule has 142 valence electrons. The smallest absolute Gasteiger partial charge is 0.135 e. The molecule has 0 amide bonds. The fourth-order valence-electron chi connectivity index (χ4n) is 4.88. The lowest BCUT2D eigenvalue weighted by molar-refractivity contribution is -0.122. The number of hydrogen-bond donors (Lipinski definition) is 0. The number of nitrogens with zero attached hydrogens (tertiary/aromatic N) is 1. The van der Waals surface area contributed by atoms with E-state index in [1.54, 1.807) is 0 Å². The number of carbonyl (C=O) groups is 1. The van der Waals surface area contributed by atoms with Crippen molar-refractivity contribution in [2.24, 2.45) is 0 Å². The molecule has 2 nitrogen and oxygen atoms in total. The molecule has 4 heteroatoms. The van der Waals surface area contributed by atoms with Crippen LogP contribution in [-0.2, 0) is 10.2 Å². The van der Waals surface area contributed by atoms with Crippen LogP contribution in [-0.4, -0.2) is 29.8 Å². The molecule has 1 aliphatic heterocycles. The molecular formula is C23H25F2NO. The second-order valence-corrected chi connectivity index (χ2v) is 7.90. The van der Waals surface area contributed by atoms with Crippen LogP contribution in [0.1, 0.15) is 49.7 Å². The van der Waals surface area contributed by atoms with Crippen LogP contribution in [0.2, 0.25) is 0 Å². The van der Waals surface area contributed by atoms with E-state index in [2.05, 4.69) is 4.90 Å². The summed E-state index contributed by atoms with van der Waals surface area (Å²) in [6, 6.07) is 14.1. The van der Waals surface area contributed by atoms with Crippen LogP contribution in [0.3, 0.4) is 0 Å². The molecule has 1 saturated carbocycles. The van der Waals surface area contributed by atoms with Crippen molar-refractivity contribution in [1.29, 1.82) is 0 Å². The molecule has 2 aromatic rings. The first-order valence-electron chi connectivity index (χ1n) is 9.85. The number of halogens is 2. The largest absolute Gasteiger partial charge is 0.300 e. The molecule has 1 heterocycles. The predicted octanol–water partition coefficient (Wildman–Crippen LogP) is 4.86. The monoisotopic (exact) mass is 369 g/mol. The number of hydrogen-bond acceptors (Lipinski definition) is 2. The van der Waals surface area contributed by atoms with Gasteiger partial charge in [0.05, 0.1) is 0 Å². The fraction of sp³-hybridized carbons (Fsp3) is 0.435. The van der Waals surface area contributed by atoms with Gasteiger partial charge in [0.2, 0.25) is 0 Å². The summed E-state index contributed by atoms with van der Waals surface area (Å²) >= 11 is 0. The Morgan fingerprint density at radius 2 is 1.22 bits per heavy atom. The topological polar surface area (TPSA) is 20.3 Å². The van der Waals surface area contributed by atoms with E-state index in [0.717, 1.165) is 49.9 Å². The molecule has 0 N–H and O–H groups in total. The van der Waals surface area contributed by atoms with E-state index in [9.17, 15) is 13.6 Å². The number of Topliss-reactive ketones (excluding diaryl/α,β-unsaturated/α-hetero) is 1. The molecular weight excluding hydrogens is 344 g/mol. The second kappa shape index (κ2) is 7.51. The molecule has 2 aliphatic rings. The van der Waals surface area contributed by atoms with Crippen molar-refractivity contribution in [1.82, 2.24) is 4.90 Å². The highest BCUT2D eigenvalue weighted by Gasteiger charge is 2.40. The summed E-state index contributed by atoms with van der Waals surface area (Å²) in [4.78, 5) is 14.0. The number of carbonyl (C=O) groups excluding carboxylic acids is 1. The highest BCUT2D eigenvalue weighted by atomic mass is 19.1. The lowest BCUT2D eigenvalue weighted by atomic mass is 9.64. The summed E-state index contributed by atoms with van der Waals surface area (Å²) in [7, 11) is 0. The van der Waals surface area contributed by atoms with E-state index >= 15 is 0 Å². The first-order chi connectivity index (χ1) is 13.1. The molecule has 4 rings (SSSR count). The Bertz CT molecular complexity index is 735. The molecule has 0 unspecified atom stereocenters. The molecule has 0 aromatic heterocycles. The molecule has 1 saturated heterocycles. The molecule has 0 spiro atoms. The van der Waals surface area contributed by atoms with Crippen LogP contribution in [0, 0.1) is 11.6 Å². The normalized spacial score (nSPS) is 21.3. The van der Waals surface area contributed by atoms with Crippen molar-refractivity contribution in [2.45, 2.75) is 50.0 Å². The molecule has 0 radical (unpaired) electrons. The van der Waals surface area contributed by atoms with Gasteiger partial charge in [-0.2, -0.15) is 0 Å². The maximum Gasteiger partial charge on any atom is 0.135 e. The Balaban J connectivity index is 1.60. The SMILES string of the molecule is O=C1CCN(C2CCC(c3ccc(F)cc3)(c3ccc(F)cc3)CC2)CC1. The van der Waals surface area contributed by atoms with Crippen LogP contribution in [0.5, 0.6) is 0 Å². The first kappa shape index (κ1) is 18.3. The van der Waals surface area contributed by atoms with Gasteiger partial charge in [-0.25, -0.2) is 8.78 Å². The average Bonchev–Trinajstić information content (AvgIpc) is 2.70. The Morgan fingerprint density at radius 3 is 1.67 bits per heavy atom. The number of ketones is 1. The van der Waals surface area contributed by atoms with Crippen molar-refractivity contribution in [2.75, 3.05) is 13.1 Å². The summed E-state index contributed by atoms with van der Waals surface area (Å²) in [6.45, 7) is 1.73. The molecule has 0 atom stereocenters. The lowest BCUT2D eigenvalue weighted by Gasteiger charge is -2.45. The van der Waals surface area contributed by atoms with Crippen molar-refractivity contribution in [3.05, 3.63) is 71.3 Å². The molecule has 1 aliphatic carbocycles. The number of likely N-dealkylation sites (tertiary alicyclic amines) is 1. The van der Waals surface area contributed by atoms with Gasteiger partial charge < -0.3 is 0 Å². The quantitative estimate of drug-likeness (QED) is 0.770. The third kappa shape index (κ3) is 3.68. The first-order valence-corrected chi connectivity index (χ1v) is 9.85. The summed E-state index contributed by atoms with van der Waals surface area (Å²) < 4.78 is 27.0. The predicted molar refractivity (Wildman–Crippen MR) is 102 cm³/mol. The zero-order valence-corrected chi connectivity index (χ0v) is 15.5. The van der Waals surface area contributed by atoms with Gasteiger partial charge in [0.1, 0.15) is 17.4 Å². The number of rotatable bonds is 3. The van der Waals surface area contributed by atoms with E-state index in [1.165, 1.54) is 24.3 Å². The van der Waals surface area contributed by atoms with Gasteiger partial charge in [-0.05, 0) is 61.1 Å². The maximum absolute atomic E-state index is 13.5. The van der Waals surface area contributed by atoms with E-state index in [0.29, 0.717) is 24.7 Å². The minimum Gasteiger partial charge on any atom is -0.300 e. The van der Waals surface area contributed by atoms with Gasteiger partial charge >= 0.3 is 0 Å². The van der Waals surface area contributed by atoms with E-state index in [-0.39, 0.29) is 17.0 Å². The van der Waals surface area contributed by atoms with Crippen LogP contribution in [0.4, 0.5) is 8.78 Å². The third-order valence-corrected chi connectivity index (χ3v) is 6.47. The Morgan fingerprint density at radius 1 is 0.778 bits per heavy atom. The minimum absolute atomic E-state index is 0.205. The summed E-state index contributed by atoms with van der Waals surface area (Å²) in [5, 5.41) is 0. The van der Waals surface area contributed by atoms with Gasteiger partial charge in [-0.1, -0.05) is 24.3 Å². The van der Waals surface area contributed by atoms with Crippen molar-refractivity contribution in [3.63, 3.8) is 0 Å². The number of piperidine rings is 1. The van der Waals surface area contributed by atoms with Crippen molar-refractivity contribution < 1.29 is 13.6 Å². The van der Waals surface area contributed by atoms with Gasteiger partial charge in [0, 0.05) is 37.4 Å². The van der Waals surface area contributed by atoms with Crippen LogP contribution in [0.25, 0.3) is 0 Å². The summed E-state index contributed by atoms with van der Waals surface area (Å²) in [5.74, 6) is -0.103. The minimum atomic E-state index is -0.236. The highest BCUT2D eigenvalue weighted by Crippen LogP contribution is 2.46. The van der Waals surface area contributed by atoms with Gasteiger partial charge in [0.15, 0.2) is 0 Å². The zero-order valence-electron chi connectivity index (χ0n) is 15.5. The second-order valence-electron chi connectivity index (χ2n) is 7.90. The van der Waals surface area contributed by atoms with Crippen molar-refractivity contribution >= 4 is 5.78 Å².